The average molecular weight is 278 g/mol. The Kier molecular flexibility index (Phi) is 5.16. The van der Waals surface area contributed by atoms with Crippen molar-refractivity contribution in [1.29, 1.82) is 0 Å². The first kappa shape index (κ1) is 14.3. The first-order valence-electron chi connectivity index (χ1n) is 6.89. The third-order valence-electron chi connectivity index (χ3n) is 3.64. The van der Waals surface area contributed by atoms with Gasteiger partial charge in [0.15, 0.2) is 0 Å². The fraction of sp³-hybridized carbons (Fsp3) is 0.533. The SMILES string of the molecule is CN(CCCC1CCCO1)c1ccc(C(N)=S)cc1. The normalized spacial score (nSPS) is 18.5. The van der Waals surface area contributed by atoms with Crippen molar-refractivity contribution < 1.29 is 4.74 Å². The van der Waals surface area contributed by atoms with E-state index >= 15 is 0 Å². The van der Waals surface area contributed by atoms with Crippen LogP contribution in [0.1, 0.15) is 31.2 Å². The van der Waals surface area contributed by atoms with Gasteiger partial charge in [-0.15, -0.1) is 0 Å². The Hall–Kier alpha value is -1.13. The summed E-state index contributed by atoms with van der Waals surface area (Å²) in [6.45, 7) is 1.99. The van der Waals surface area contributed by atoms with E-state index in [0.717, 1.165) is 31.6 Å². The highest BCUT2D eigenvalue weighted by atomic mass is 32.1. The van der Waals surface area contributed by atoms with Crippen LogP contribution in [0.25, 0.3) is 0 Å². The number of rotatable bonds is 6. The average Bonchev–Trinajstić information content (AvgIpc) is 2.92. The van der Waals surface area contributed by atoms with Crippen molar-refractivity contribution in [2.75, 3.05) is 25.1 Å². The predicted molar refractivity (Wildman–Crippen MR) is 83.8 cm³/mol. The minimum absolute atomic E-state index is 0.451. The third-order valence-corrected chi connectivity index (χ3v) is 3.87. The molecule has 1 aromatic rings. The lowest BCUT2D eigenvalue weighted by atomic mass is 10.1. The highest BCUT2D eigenvalue weighted by molar-refractivity contribution is 7.80. The van der Waals surface area contributed by atoms with E-state index in [2.05, 4.69) is 24.1 Å². The fourth-order valence-electron chi connectivity index (χ4n) is 2.44. The number of ether oxygens (including phenoxy) is 1. The molecule has 1 aliphatic rings. The van der Waals surface area contributed by atoms with Crippen LogP contribution in [-0.2, 0) is 4.74 Å². The van der Waals surface area contributed by atoms with Gasteiger partial charge in [-0.3, -0.25) is 0 Å². The van der Waals surface area contributed by atoms with E-state index in [1.54, 1.807) is 0 Å². The molecule has 2 N–H and O–H groups in total. The van der Waals surface area contributed by atoms with E-state index in [9.17, 15) is 0 Å². The van der Waals surface area contributed by atoms with Crippen LogP contribution in [0.15, 0.2) is 24.3 Å². The summed E-state index contributed by atoms with van der Waals surface area (Å²) in [6.07, 6.45) is 5.27. The van der Waals surface area contributed by atoms with Crippen molar-refractivity contribution in [1.82, 2.24) is 0 Å². The van der Waals surface area contributed by atoms with Crippen LogP contribution in [0.2, 0.25) is 0 Å². The van der Waals surface area contributed by atoms with Gasteiger partial charge in [-0.2, -0.15) is 0 Å². The second-order valence-corrected chi connectivity index (χ2v) is 5.55. The predicted octanol–water partition coefficient (Wildman–Crippen LogP) is 2.72. The van der Waals surface area contributed by atoms with E-state index in [-0.39, 0.29) is 0 Å². The number of nitrogens with two attached hydrogens (primary N) is 1. The minimum atomic E-state index is 0.451. The van der Waals surface area contributed by atoms with Gasteiger partial charge in [0.2, 0.25) is 0 Å². The first-order valence-corrected chi connectivity index (χ1v) is 7.30. The van der Waals surface area contributed by atoms with Crippen molar-refractivity contribution in [2.45, 2.75) is 31.8 Å². The van der Waals surface area contributed by atoms with E-state index in [0.29, 0.717) is 11.1 Å². The molecular formula is C15H22N2OS. The van der Waals surface area contributed by atoms with Crippen LogP contribution < -0.4 is 10.6 Å². The van der Waals surface area contributed by atoms with E-state index in [4.69, 9.17) is 22.7 Å². The number of anilines is 1. The van der Waals surface area contributed by atoms with Gasteiger partial charge in [0, 0.05) is 31.5 Å². The van der Waals surface area contributed by atoms with E-state index < -0.39 is 0 Å². The monoisotopic (exact) mass is 278 g/mol. The molecular weight excluding hydrogens is 256 g/mol. The van der Waals surface area contributed by atoms with E-state index in [1.165, 1.54) is 18.5 Å². The number of benzene rings is 1. The third kappa shape index (κ3) is 4.18. The largest absolute Gasteiger partial charge is 0.389 e. The number of thiocarbonyl (C=S) groups is 1. The summed E-state index contributed by atoms with van der Waals surface area (Å²) in [5.74, 6) is 0. The van der Waals surface area contributed by atoms with Gasteiger partial charge < -0.3 is 15.4 Å². The van der Waals surface area contributed by atoms with Crippen LogP contribution in [0.5, 0.6) is 0 Å². The molecule has 1 aliphatic heterocycles. The summed E-state index contributed by atoms with van der Waals surface area (Å²) in [5, 5.41) is 0. The molecule has 0 spiro atoms. The molecule has 3 nitrogen and oxygen atoms in total. The maximum atomic E-state index is 5.64. The summed E-state index contributed by atoms with van der Waals surface area (Å²) in [6, 6.07) is 8.10. The van der Waals surface area contributed by atoms with Crippen LogP contribution in [-0.4, -0.2) is 31.3 Å². The molecule has 0 aliphatic carbocycles. The second kappa shape index (κ2) is 6.87. The topological polar surface area (TPSA) is 38.5 Å². The smallest absolute Gasteiger partial charge is 0.103 e. The van der Waals surface area contributed by atoms with Crippen molar-refractivity contribution >= 4 is 22.9 Å². The van der Waals surface area contributed by atoms with Crippen LogP contribution in [0.3, 0.4) is 0 Å². The van der Waals surface area contributed by atoms with Gasteiger partial charge in [0.05, 0.1) is 6.10 Å². The number of nitrogens with zero attached hydrogens (tertiary/aromatic N) is 1. The number of hydrogen-bond acceptors (Lipinski definition) is 3. The highest BCUT2D eigenvalue weighted by Gasteiger charge is 2.14. The molecule has 0 aromatic heterocycles. The Morgan fingerprint density at radius 3 is 2.74 bits per heavy atom. The molecule has 1 heterocycles. The maximum absolute atomic E-state index is 5.64. The molecule has 1 saturated heterocycles. The maximum Gasteiger partial charge on any atom is 0.103 e. The molecule has 1 atom stereocenters. The molecule has 1 aromatic carbocycles. The summed E-state index contributed by atoms with van der Waals surface area (Å²) >= 11 is 4.95. The summed E-state index contributed by atoms with van der Waals surface area (Å²) in [5.41, 5.74) is 7.72. The molecule has 0 amide bonds. The zero-order valence-electron chi connectivity index (χ0n) is 11.5. The van der Waals surface area contributed by atoms with Crippen LogP contribution in [0, 0.1) is 0 Å². The van der Waals surface area contributed by atoms with Crippen molar-refractivity contribution in [3.05, 3.63) is 29.8 Å². The zero-order chi connectivity index (χ0) is 13.7. The lowest BCUT2D eigenvalue weighted by Crippen LogP contribution is -2.20. The summed E-state index contributed by atoms with van der Waals surface area (Å²) < 4.78 is 5.64. The van der Waals surface area contributed by atoms with E-state index in [1.807, 2.05) is 12.1 Å². The standard InChI is InChI=1S/C15H22N2OS/c1-17(10-2-4-14-5-3-11-18-14)13-8-6-12(7-9-13)15(16)19/h6-9,14H,2-5,10-11H2,1H3,(H2,16,19). The molecule has 4 heteroatoms. The molecule has 19 heavy (non-hydrogen) atoms. The Labute approximate surface area is 120 Å². The van der Waals surface area contributed by atoms with Crippen molar-refractivity contribution in [2.24, 2.45) is 5.73 Å². The zero-order valence-corrected chi connectivity index (χ0v) is 12.3. The fourth-order valence-corrected chi connectivity index (χ4v) is 2.57. The number of hydrogen-bond donors (Lipinski definition) is 1. The van der Waals surface area contributed by atoms with Gasteiger partial charge in [-0.05, 0) is 49.9 Å². The van der Waals surface area contributed by atoms with Gasteiger partial charge >= 0.3 is 0 Å². The van der Waals surface area contributed by atoms with Crippen LogP contribution in [0.4, 0.5) is 5.69 Å². The molecule has 104 valence electrons. The van der Waals surface area contributed by atoms with Gasteiger partial charge in [0.1, 0.15) is 4.99 Å². The molecule has 1 unspecified atom stereocenters. The molecule has 0 saturated carbocycles. The quantitative estimate of drug-likeness (QED) is 0.812. The van der Waals surface area contributed by atoms with Crippen molar-refractivity contribution in [3.8, 4) is 0 Å². The van der Waals surface area contributed by atoms with Gasteiger partial charge in [-0.1, -0.05) is 12.2 Å². The molecule has 0 radical (unpaired) electrons. The molecule has 0 bridgehead atoms. The summed E-state index contributed by atoms with van der Waals surface area (Å²) in [7, 11) is 2.12. The second-order valence-electron chi connectivity index (χ2n) is 5.11. The Balaban J connectivity index is 1.78. The molecule has 1 fully saturated rings. The van der Waals surface area contributed by atoms with Gasteiger partial charge in [-0.25, -0.2) is 0 Å². The van der Waals surface area contributed by atoms with Crippen molar-refractivity contribution in [3.63, 3.8) is 0 Å². The van der Waals surface area contributed by atoms with Gasteiger partial charge in [0.25, 0.3) is 0 Å². The Morgan fingerprint density at radius 2 is 2.16 bits per heavy atom. The first-order chi connectivity index (χ1) is 9.16. The lowest BCUT2D eigenvalue weighted by molar-refractivity contribution is 0.103. The summed E-state index contributed by atoms with van der Waals surface area (Å²) in [4.78, 5) is 2.71. The van der Waals surface area contributed by atoms with Crippen LogP contribution >= 0.6 is 12.2 Å². The highest BCUT2D eigenvalue weighted by Crippen LogP contribution is 2.18. The Morgan fingerprint density at radius 1 is 1.42 bits per heavy atom. The lowest BCUT2D eigenvalue weighted by Gasteiger charge is -2.20. The Bertz CT molecular complexity index is 413. The minimum Gasteiger partial charge on any atom is -0.389 e. The molecule has 2 rings (SSSR count).